The van der Waals surface area contributed by atoms with Crippen molar-refractivity contribution >= 4 is 11.3 Å². The fourth-order valence-corrected chi connectivity index (χ4v) is 2.64. The Morgan fingerprint density at radius 1 is 1.05 bits per heavy atom. The molecular formula is C16H21NOS. The summed E-state index contributed by atoms with van der Waals surface area (Å²) in [5.41, 5.74) is 2.69. The van der Waals surface area contributed by atoms with Crippen molar-refractivity contribution in [1.29, 1.82) is 0 Å². The molecule has 0 bridgehead atoms. The molecule has 0 aliphatic carbocycles. The van der Waals surface area contributed by atoms with E-state index in [4.69, 9.17) is 4.74 Å². The fourth-order valence-electron chi connectivity index (χ4n) is 2.00. The van der Waals surface area contributed by atoms with Crippen molar-refractivity contribution in [2.45, 2.75) is 26.6 Å². The first-order chi connectivity index (χ1) is 9.40. The van der Waals surface area contributed by atoms with Crippen molar-refractivity contribution < 1.29 is 4.74 Å². The van der Waals surface area contributed by atoms with Gasteiger partial charge in [-0.2, -0.15) is 0 Å². The highest BCUT2D eigenvalue weighted by Crippen LogP contribution is 2.14. The lowest BCUT2D eigenvalue weighted by molar-refractivity contribution is 0.108. The first kappa shape index (κ1) is 14.3. The third-order valence-electron chi connectivity index (χ3n) is 3.02. The largest absolute Gasteiger partial charge is 0.371 e. The Morgan fingerprint density at radius 2 is 1.89 bits per heavy atom. The molecule has 2 rings (SSSR count). The quantitative estimate of drug-likeness (QED) is 0.743. The molecule has 0 unspecified atom stereocenters. The molecule has 0 atom stereocenters. The predicted molar refractivity (Wildman–Crippen MR) is 81.5 cm³/mol. The summed E-state index contributed by atoms with van der Waals surface area (Å²) in [6, 6.07) is 12.7. The summed E-state index contributed by atoms with van der Waals surface area (Å²) in [4.78, 5) is 1.28. The second-order valence-corrected chi connectivity index (χ2v) is 5.48. The van der Waals surface area contributed by atoms with E-state index in [1.54, 1.807) is 11.3 Å². The topological polar surface area (TPSA) is 21.3 Å². The normalized spacial score (nSPS) is 10.8. The molecular weight excluding hydrogens is 254 g/mol. The van der Waals surface area contributed by atoms with Gasteiger partial charge in [-0.1, -0.05) is 37.3 Å². The monoisotopic (exact) mass is 275 g/mol. The van der Waals surface area contributed by atoms with Crippen LogP contribution in [0, 0.1) is 0 Å². The Labute approximate surface area is 119 Å². The van der Waals surface area contributed by atoms with Gasteiger partial charge in [0.15, 0.2) is 0 Å². The van der Waals surface area contributed by atoms with Gasteiger partial charge in [0.05, 0.1) is 13.2 Å². The molecule has 0 amide bonds. The summed E-state index contributed by atoms with van der Waals surface area (Å²) in [6.07, 6.45) is 1.06. The van der Waals surface area contributed by atoms with Gasteiger partial charge < -0.3 is 10.1 Å². The van der Waals surface area contributed by atoms with Crippen LogP contribution >= 0.6 is 11.3 Å². The first-order valence-electron chi connectivity index (χ1n) is 6.77. The maximum Gasteiger partial charge on any atom is 0.0813 e. The molecule has 0 aliphatic heterocycles. The highest BCUT2D eigenvalue weighted by molar-refractivity contribution is 7.09. The predicted octanol–water partition coefficient (Wildman–Crippen LogP) is 3.62. The summed E-state index contributed by atoms with van der Waals surface area (Å²) < 4.78 is 5.80. The third kappa shape index (κ3) is 4.78. The molecule has 1 aromatic carbocycles. The zero-order valence-corrected chi connectivity index (χ0v) is 12.2. The van der Waals surface area contributed by atoms with E-state index in [0.29, 0.717) is 13.2 Å². The summed E-state index contributed by atoms with van der Waals surface area (Å²) in [5, 5.41) is 5.45. The van der Waals surface area contributed by atoms with Gasteiger partial charge in [0, 0.05) is 4.88 Å². The highest BCUT2D eigenvalue weighted by atomic mass is 32.1. The van der Waals surface area contributed by atoms with Crippen LogP contribution in [-0.2, 0) is 24.4 Å². The van der Waals surface area contributed by atoms with E-state index >= 15 is 0 Å². The summed E-state index contributed by atoms with van der Waals surface area (Å²) in [6.45, 7) is 5.59. The Morgan fingerprint density at radius 3 is 2.63 bits per heavy atom. The molecule has 0 radical (unpaired) electrons. The minimum absolute atomic E-state index is 0.695. The lowest BCUT2D eigenvalue weighted by Crippen LogP contribution is -2.16. The minimum atomic E-state index is 0.695. The zero-order valence-electron chi connectivity index (χ0n) is 11.4. The van der Waals surface area contributed by atoms with Gasteiger partial charge in [0.2, 0.25) is 0 Å². The number of likely N-dealkylation sites (N-methyl/N-ethyl adjacent to an activating group) is 1. The van der Waals surface area contributed by atoms with Gasteiger partial charge in [-0.05, 0) is 42.1 Å². The number of hydrogen-bond acceptors (Lipinski definition) is 3. The molecule has 0 aliphatic rings. The SMILES string of the molecule is CCNCCc1ccccc1COCc1cccs1. The van der Waals surface area contributed by atoms with Gasteiger partial charge in [-0.15, -0.1) is 11.3 Å². The van der Waals surface area contributed by atoms with Crippen LogP contribution in [0.1, 0.15) is 22.9 Å². The lowest BCUT2D eigenvalue weighted by atomic mass is 10.1. The Bertz CT molecular complexity index is 467. The Balaban J connectivity index is 1.84. The number of benzene rings is 1. The van der Waals surface area contributed by atoms with Crippen LogP contribution in [0.25, 0.3) is 0 Å². The van der Waals surface area contributed by atoms with Crippen LogP contribution in [0.3, 0.4) is 0 Å². The van der Waals surface area contributed by atoms with Crippen molar-refractivity contribution in [2.75, 3.05) is 13.1 Å². The summed E-state index contributed by atoms with van der Waals surface area (Å²) in [5.74, 6) is 0. The maximum absolute atomic E-state index is 5.80. The molecule has 0 spiro atoms. The maximum atomic E-state index is 5.80. The molecule has 2 nitrogen and oxygen atoms in total. The highest BCUT2D eigenvalue weighted by Gasteiger charge is 2.02. The van der Waals surface area contributed by atoms with Gasteiger partial charge in [-0.25, -0.2) is 0 Å². The molecule has 0 saturated carbocycles. The van der Waals surface area contributed by atoms with Crippen LogP contribution in [0.5, 0.6) is 0 Å². The average Bonchev–Trinajstić information content (AvgIpc) is 2.94. The second kappa shape index (κ2) is 8.10. The molecule has 2 aromatic rings. The summed E-state index contributed by atoms with van der Waals surface area (Å²) in [7, 11) is 0. The molecule has 1 aromatic heterocycles. The van der Waals surface area contributed by atoms with Gasteiger partial charge in [-0.3, -0.25) is 0 Å². The summed E-state index contributed by atoms with van der Waals surface area (Å²) >= 11 is 1.74. The Kier molecular flexibility index (Phi) is 6.08. The number of hydrogen-bond donors (Lipinski definition) is 1. The van der Waals surface area contributed by atoms with Gasteiger partial charge in [0.1, 0.15) is 0 Å². The third-order valence-corrected chi connectivity index (χ3v) is 3.87. The Hall–Kier alpha value is -1.16. The number of ether oxygens (including phenoxy) is 1. The van der Waals surface area contributed by atoms with Crippen LogP contribution in [-0.4, -0.2) is 13.1 Å². The first-order valence-corrected chi connectivity index (χ1v) is 7.65. The van der Waals surface area contributed by atoms with E-state index in [1.807, 2.05) is 0 Å². The lowest BCUT2D eigenvalue weighted by Gasteiger charge is -2.10. The van der Waals surface area contributed by atoms with E-state index in [1.165, 1.54) is 16.0 Å². The van der Waals surface area contributed by atoms with E-state index in [0.717, 1.165) is 19.5 Å². The van der Waals surface area contributed by atoms with Crippen LogP contribution < -0.4 is 5.32 Å². The number of thiophene rings is 1. The number of nitrogens with one attached hydrogen (secondary N) is 1. The van der Waals surface area contributed by atoms with Gasteiger partial charge in [0.25, 0.3) is 0 Å². The molecule has 1 heterocycles. The van der Waals surface area contributed by atoms with Crippen molar-refractivity contribution in [3.63, 3.8) is 0 Å². The molecule has 0 saturated heterocycles. The van der Waals surface area contributed by atoms with E-state index in [2.05, 4.69) is 54.0 Å². The standard InChI is InChI=1S/C16H21NOS/c1-2-17-10-9-14-6-3-4-7-15(14)12-18-13-16-8-5-11-19-16/h3-8,11,17H,2,9-10,12-13H2,1H3. The van der Waals surface area contributed by atoms with Crippen molar-refractivity contribution in [3.05, 3.63) is 57.8 Å². The van der Waals surface area contributed by atoms with Crippen molar-refractivity contribution in [3.8, 4) is 0 Å². The average molecular weight is 275 g/mol. The van der Waals surface area contributed by atoms with Crippen LogP contribution in [0.2, 0.25) is 0 Å². The van der Waals surface area contributed by atoms with E-state index in [-0.39, 0.29) is 0 Å². The second-order valence-electron chi connectivity index (χ2n) is 4.44. The molecule has 1 N–H and O–H groups in total. The van der Waals surface area contributed by atoms with Gasteiger partial charge >= 0.3 is 0 Å². The molecule has 3 heteroatoms. The fraction of sp³-hybridized carbons (Fsp3) is 0.375. The van der Waals surface area contributed by atoms with E-state index < -0.39 is 0 Å². The van der Waals surface area contributed by atoms with E-state index in [9.17, 15) is 0 Å². The molecule has 0 fully saturated rings. The number of rotatable bonds is 8. The molecule has 19 heavy (non-hydrogen) atoms. The van der Waals surface area contributed by atoms with Crippen LogP contribution in [0.4, 0.5) is 0 Å². The van der Waals surface area contributed by atoms with Crippen LogP contribution in [0.15, 0.2) is 41.8 Å². The zero-order chi connectivity index (χ0) is 13.3. The van der Waals surface area contributed by atoms with Crippen molar-refractivity contribution in [2.24, 2.45) is 0 Å². The smallest absolute Gasteiger partial charge is 0.0813 e. The minimum Gasteiger partial charge on any atom is -0.371 e. The van der Waals surface area contributed by atoms with Crippen molar-refractivity contribution in [1.82, 2.24) is 5.32 Å². The molecule has 102 valence electrons.